The summed E-state index contributed by atoms with van der Waals surface area (Å²) >= 11 is 5.75. The highest BCUT2D eigenvalue weighted by atomic mass is 35.5. The van der Waals surface area contributed by atoms with Crippen LogP contribution in [-0.2, 0) is 6.42 Å². The Morgan fingerprint density at radius 3 is 3.00 bits per heavy atom. The van der Waals surface area contributed by atoms with Gasteiger partial charge in [0, 0.05) is 31.1 Å². The molecule has 2 aromatic rings. The van der Waals surface area contributed by atoms with Gasteiger partial charge in [0.2, 0.25) is 0 Å². The molecule has 0 spiro atoms. The van der Waals surface area contributed by atoms with Crippen LogP contribution in [-0.4, -0.2) is 21.5 Å². The zero-order chi connectivity index (χ0) is 11.4. The van der Waals surface area contributed by atoms with Crippen molar-refractivity contribution in [1.29, 1.82) is 0 Å². The molecule has 2 aromatic heterocycles. The van der Waals surface area contributed by atoms with Crippen LogP contribution in [0.4, 0.5) is 11.5 Å². The lowest BCUT2D eigenvalue weighted by Crippen LogP contribution is -2.08. The molecule has 0 amide bonds. The summed E-state index contributed by atoms with van der Waals surface area (Å²) in [6.45, 7) is 0.737. The number of nitrogens with two attached hydrogens (primary N) is 1. The second kappa shape index (κ2) is 4.85. The third-order valence-corrected chi connectivity index (χ3v) is 2.33. The number of aromatic nitrogens is 3. The fraction of sp³-hybridized carbons (Fsp3) is 0.200. The highest BCUT2D eigenvalue weighted by molar-refractivity contribution is 6.30. The van der Waals surface area contributed by atoms with E-state index < -0.39 is 0 Å². The SMILES string of the molecule is Nc1cc(Cl)cnc1NCCc1cnc[nH]1. The lowest BCUT2D eigenvalue weighted by Gasteiger charge is -2.07. The van der Waals surface area contributed by atoms with Crippen molar-refractivity contribution in [1.82, 2.24) is 15.0 Å². The van der Waals surface area contributed by atoms with E-state index in [0.29, 0.717) is 16.5 Å². The molecule has 0 atom stereocenters. The number of nitrogens with zero attached hydrogens (tertiary/aromatic N) is 2. The molecule has 0 radical (unpaired) electrons. The normalized spacial score (nSPS) is 10.3. The van der Waals surface area contributed by atoms with Gasteiger partial charge >= 0.3 is 0 Å². The molecule has 0 fully saturated rings. The average Bonchev–Trinajstić information content (AvgIpc) is 2.74. The fourth-order valence-corrected chi connectivity index (χ4v) is 1.51. The van der Waals surface area contributed by atoms with Gasteiger partial charge in [-0.25, -0.2) is 9.97 Å². The largest absolute Gasteiger partial charge is 0.396 e. The molecule has 0 unspecified atom stereocenters. The molecule has 0 aliphatic heterocycles. The first-order chi connectivity index (χ1) is 7.75. The van der Waals surface area contributed by atoms with Crippen LogP contribution in [0.3, 0.4) is 0 Å². The van der Waals surface area contributed by atoms with Crippen LogP contribution >= 0.6 is 11.6 Å². The van der Waals surface area contributed by atoms with Gasteiger partial charge in [0.05, 0.1) is 17.0 Å². The minimum Gasteiger partial charge on any atom is -0.396 e. The van der Waals surface area contributed by atoms with Crippen LogP contribution < -0.4 is 11.1 Å². The number of hydrogen-bond acceptors (Lipinski definition) is 4. The van der Waals surface area contributed by atoms with Gasteiger partial charge in [0.15, 0.2) is 0 Å². The Morgan fingerprint density at radius 2 is 2.31 bits per heavy atom. The Balaban J connectivity index is 1.90. The van der Waals surface area contributed by atoms with Gasteiger partial charge < -0.3 is 16.0 Å². The third-order valence-electron chi connectivity index (χ3n) is 2.13. The van der Waals surface area contributed by atoms with Crippen LogP contribution in [0.25, 0.3) is 0 Å². The zero-order valence-corrected chi connectivity index (χ0v) is 9.33. The predicted molar refractivity (Wildman–Crippen MR) is 64.4 cm³/mol. The minimum absolute atomic E-state index is 0.539. The van der Waals surface area contributed by atoms with Crippen molar-refractivity contribution in [2.24, 2.45) is 0 Å². The molecule has 0 bridgehead atoms. The molecule has 0 saturated heterocycles. The molecule has 84 valence electrons. The molecule has 16 heavy (non-hydrogen) atoms. The van der Waals surface area contributed by atoms with Gasteiger partial charge in [0.1, 0.15) is 5.82 Å². The summed E-state index contributed by atoms with van der Waals surface area (Å²) in [5, 5.41) is 3.67. The van der Waals surface area contributed by atoms with Crippen molar-refractivity contribution in [3.63, 3.8) is 0 Å². The Kier molecular flexibility index (Phi) is 3.26. The number of rotatable bonds is 4. The summed E-state index contributed by atoms with van der Waals surface area (Å²) in [6, 6.07) is 1.67. The second-order valence-electron chi connectivity index (χ2n) is 3.34. The zero-order valence-electron chi connectivity index (χ0n) is 8.57. The second-order valence-corrected chi connectivity index (χ2v) is 3.78. The summed E-state index contributed by atoms with van der Waals surface area (Å²) in [4.78, 5) is 11.1. The quantitative estimate of drug-likeness (QED) is 0.756. The summed E-state index contributed by atoms with van der Waals surface area (Å²) < 4.78 is 0. The van der Waals surface area contributed by atoms with Crippen molar-refractivity contribution in [2.75, 3.05) is 17.6 Å². The Hall–Kier alpha value is -1.75. The molecular formula is C10H12ClN5. The molecule has 2 heterocycles. The van der Waals surface area contributed by atoms with E-state index in [4.69, 9.17) is 17.3 Å². The number of imidazole rings is 1. The molecule has 5 nitrogen and oxygen atoms in total. The molecule has 2 rings (SSSR count). The van der Waals surface area contributed by atoms with Gasteiger partial charge in [-0.2, -0.15) is 0 Å². The molecule has 0 aliphatic rings. The topological polar surface area (TPSA) is 79.6 Å². The third kappa shape index (κ3) is 2.64. The molecule has 0 aliphatic carbocycles. The average molecular weight is 238 g/mol. The maximum Gasteiger partial charge on any atom is 0.149 e. The lowest BCUT2D eigenvalue weighted by molar-refractivity contribution is 0.969. The van der Waals surface area contributed by atoms with Crippen LogP contribution in [0.2, 0.25) is 5.02 Å². The van der Waals surface area contributed by atoms with E-state index in [2.05, 4.69) is 20.3 Å². The lowest BCUT2D eigenvalue weighted by atomic mass is 10.3. The predicted octanol–water partition coefficient (Wildman–Crippen LogP) is 1.69. The number of H-pyrrole nitrogens is 1. The maximum absolute atomic E-state index is 5.75. The molecule has 4 N–H and O–H groups in total. The maximum atomic E-state index is 5.75. The molecule has 0 saturated carbocycles. The molecule has 6 heteroatoms. The first-order valence-corrected chi connectivity index (χ1v) is 5.25. The Bertz CT molecular complexity index is 454. The smallest absolute Gasteiger partial charge is 0.149 e. The van der Waals surface area contributed by atoms with E-state index in [1.807, 2.05) is 0 Å². The first-order valence-electron chi connectivity index (χ1n) is 4.88. The standard InChI is InChI=1S/C10H12ClN5/c11-7-3-9(12)10(15-4-7)14-2-1-8-5-13-6-16-8/h3-6H,1-2,12H2,(H,13,16)(H,14,15). The van der Waals surface area contributed by atoms with Crippen LogP contribution in [0.1, 0.15) is 5.69 Å². The van der Waals surface area contributed by atoms with Gasteiger partial charge in [-0.05, 0) is 6.07 Å². The van der Waals surface area contributed by atoms with E-state index in [-0.39, 0.29) is 0 Å². The van der Waals surface area contributed by atoms with Crippen molar-refractivity contribution >= 4 is 23.1 Å². The van der Waals surface area contributed by atoms with E-state index in [0.717, 1.165) is 18.7 Å². The number of pyridine rings is 1. The van der Waals surface area contributed by atoms with Crippen molar-refractivity contribution in [3.05, 3.63) is 35.5 Å². The minimum atomic E-state index is 0.539. The highest BCUT2D eigenvalue weighted by Crippen LogP contribution is 2.18. The van der Waals surface area contributed by atoms with E-state index in [1.54, 1.807) is 24.8 Å². The molecular weight excluding hydrogens is 226 g/mol. The van der Waals surface area contributed by atoms with Crippen molar-refractivity contribution < 1.29 is 0 Å². The number of anilines is 2. The van der Waals surface area contributed by atoms with Gasteiger partial charge in [-0.1, -0.05) is 11.6 Å². The summed E-state index contributed by atoms with van der Waals surface area (Å²) in [6.07, 6.45) is 5.85. The van der Waals surface area contributed by atoms with Crippen LogP contribution in [0, 0.1) is 0 Å². The summed E-state index contributed by atoms with van der Waals surface area (Å²) in [7, 11) is 0. The summed E-state index contributed by atoms with van der Waals surface area (Å²) in [5.41, 5.74) is 7.37. The highest BCUT2D eigenvalue weighted by Gasteiger charge is 2.01. The van der Waals surface area contributed by atoms with Gasteiger partial charge in [-0.3, -0.25) is 0 Å². The van der Waals surface area contributed by atoms with Crippen LogP contribution in [0.15, 0.2) is 24.8 Å². The number of hydrogen-bond donors (Lipinski definition) is 3. The summed E-state index contributed by atoms with van der Waals surface area (Å²) in [5.74, 6) is 0.656. The number of nitrogen functional groups attached to an aromatic ring is 1. The van der Waals surface area contributed by atoms with E-state index in [9.17, 15) is 0 Å². The fourth-order valence-electron chi connectivity index (χ4n) is 1.34. The van der Waals surface area contributed by atoms with Gasteiger partial charge in [-0.15, -0.1) is 0 Å². The number of nitrogens with one attached hydrogen (secondary N) is 2. The van der Waals surface area contributed by atoms with Crippen molar-refractivity contribution in [3.8, 4) is 0 Å². The first kappa shape index (κ1) is 10.8. The monoisotopic (exact) mass is 237 g/mol. The van der Waals surface area contributed by atoms with Crippen molar-refractivity contribution in [2.45, 2.75) is 6.42 Å². The van der Waals surface area contributed by atoms with E-state index >= 15 is 0 Å². The Labute approximate surface area is 98.1 Å². The number of halogens is 1. The van der Waals surface area contributed by atoms with E-state index in [1.165, 1.54) is 0 Å². The Morgan fingerprint density at radius 1 is 1.44 bits per heavy atom. The number of aromatic amines is 1. The molecule has 0 aromatic carbocycles. The van der Waals surface area contributed by atoms with Crippen LogP contribution in [0.5, 0.6) is 0 Å². The van der Waals surface area contributed by atoms with Gasteiger partial charge in [0.25, 0.3) is 0 Å².